The molecule has 0 fully saturated rings. The number of hydrogen-bond donors (Lipinski definition) is 1. The molecule has 0 amide bonds. The molecule has 0 bridgehead atoms. The molecule has 94 valence electrons. The Morgan fingerprint density at radius 1 is 1.00 bits per heavy atom. The predicted molar refractivity (Wildman–Crippen MR) is 69.7 cm³/mol. The highest BCUT2D eigenvalue weighted by molar-refractivity contribution is 5.44. The smallest absolute Gasteiger partial charge is 0.128 e. The maximum Gasteiger partial charge on any atom is 0.128 e. The molecular formula is C15H15F2N. The van der Waals surface area contributed by atoms with Crippen LogP contribution in [0.25, 0.3) is 0 Å². The van der Waals surface area contributed by atoms with E-state index in [0.717, 1.165) is 6.07 Å². The van der Waals surface area contributed by atoms with Crippen molar-refractivity contribution in [2.24, 2.45) is 0 Å². The highest BCUT2D eigenvalue weighted by Crippen LogP contribution is 2.17. The van der Waals surface area contributed by atoms with Crippen molar-refractivity contribution >= 4 is 5.69 Å². The first-order valence-corrected chi connectivity index (χ1v) is 5.90. The fraction of sp³-hybridized carbons (Fsp3) is 0.200. The summed E-state index contributed by atoms with van der Waals surface area (Å²) in [6, 6.07) is 13.5. The lowest BCUT2D eigenvalue weighted by Crippen LogP contribution is -2.10. The third-order valence-electron chi connectivity index (χ3n) is 2.84. The molecular weight excluding hydrogens is 232 g/mol. The van der Waals surface area contributed by atoms with Gasteiger partial charge in [-0.2, -0.15) is 0 Å². The molecule has 1 unspecified atom stereocenters. The van der Waals surface area contributed by atoms with E-state index in [2.05, 4.69) is 12.2 Å². The fourth-order valence-electron chi connectivity index (χ4n) is 1.83. The van der Waals surface area contributed by atoms with E-state index in [0.29, 0.717) is 12.2 Å². The first-order valence-electron chi connectivity index (χ1n) is 5.90. The van der Waals surface area contributed by atoms with Crippen molar-refractivity contribution in [2.75, 3.05) is 11.9 Å². The van der Waals surface area contributed by atoms with Gasteiger partial charge in [-0.3, -0.25) is 0 Å². The molecule has 0 aliphatic heterocycles. The fourth-order valence-corrected chi connectivity index (χ4v) is 1.83. The standard InChI is InChI=1S/C15H15F2N/c1-11(12-5-3-2-4-6-12)10-18-15-8-13(16)7-14(17)9-15/h2-9,11,18H,10H2,1H3. The van der Waals surface area contributed by atoms with Crippen LogP contribution in [0.5, 0.6) is 0 Å². The molecule has 0 aromatic heterocycles. The van der Waals surface area contributed by atoms with Gasteiger partial charge >= 0.3 is 0 Å². The molecule has 1 atom stereocenters. The molecule has 0 aliphatic rings. The number of nitrogens with one attached hydrogen (secondary N) is 1. The lowest BCUT2D eigenvalue weighted by Gasteiger charge is -2.14. The van der Waals surface area contributed by atoms with Gasteiger partial charge < -0.3 is 5.32 Å². The van der Waals surface area contributed by atoms with Gasteiger partial charge in [0.15, 0.2) is 0 Å². The third kappa shape index (κ3) is 3.29. The van der Waals surface area contributed by atoms with Crippen LogP contribution in [0.15, 0.2) is 48.5 Å². The van der Waals surface area contributed by atoms with E-state index in [4.69, 9.17) is 0 Å². The van der Waals surface area contributed by atoms with Gasteiger partial charge in [-0.1, -0.05) is 37.3 Å². The van der Waals surface area contributed by atoms with Crippen LogP contribution in [-0.4, -0.2) is 6.54 Å². The summed E-state index contributed by atoms with van der Waals surface area (Å²) in [4.78, 5) is 0. The second-order valence-electron chi connectivity index (χ2n) is 4.35. The minimum Gasteiger partial charge on any atom is -0.384 e. The van der Waals surface area contributed by atoms with E-state index in [9.17, 15) is 8.78 Å². The number of hydrogen-bond acceptors (Lipinski definition) is 1. The summed E-state index contributed by atoms with van der Waals surface area (Å²) in [5, 5.41) is 3.04. The molecule has 0 radical (unpaired) electrons. The van der Waals surface area contributed by atoms with E-state index < -0.39 is 11.6 Å². The van der Waals surface area contributed by atoms with E-state index in [-0.39, 0.29) is 5.92 Å². The van der Waals surface area contributed by atoms with E-state index in [1.54, 1.807) is 0 Å². The Balaban J connectivity index is 1.99. The predicted octanol–water partition coefficient (Wildman–Crippen LogP) is 4.18. The Bertz CT molecular complexity index is 491. The topological polar surface area (TPSA) is 12.0 Å². The Morgan fingerprint density at radius 2 is 1.61 bits per heavy atom. The summed E-state index contributed by atoms with van der Waals surface area (Å²) < 4.78 is 26.0. The summed E-state index contributed by atoms with van der Waals surface area (Å²) in [6.07, 6.45) is 0. The molecule has 18 heavy (non-hydrogen) atoms. The van der Waals surface area contributed by atoms with Gasteiger partial charge in [0.2, 0.25) is 0 Å². The van der Waals surface area contributed by atoms with Crippen molar-refractivity contribution in [1.82, 2.24) is 0 Å². The van der Waals surface area contributed by atoms with Gasteiger partial charge in [0.1, 0.15) is 11.6 Å². The minimum atomic E-state index is -0.565. The van der Waals surface area contributed by atoms with E-state index in [1.807, 2.05) is 30.3 Å². The van der Waals surface area contributed by atoms with Crippen molar-refractivity contribution in [2.45, 2.75) is 12.8 Å². The summed E-state index contributed by atoms with van der Waals surface area (Å²) in [5.74, 6) is -0.854. The van der Waals surface area contributed by atoms with Gasteiger partial charge in [0, 0.05) is 18.3 Å². The molecule has 2 aromatic carbocycles. The van der Waals surface area contributed by atoms with Crippen LogP contribution in [0.2, 0.25) is 0 Å². The molecule has 0 spiro atoms. The zero-order valence-corrected chi connectivity index (χ0v) is 10.2. The lowest BCUT2D eigenvalue weighted by atomic mass is 10.0. The highest BCUT2D eigenvalue weighted by Gasteiger charge is 2.05. The molecule has 0 saturated heterocycles. The first-order chi connectivity index (χ1) is 8.65. The van der Waals surface area contributed by atoms with Crippen molar-refractivity contribution in [3.8, 4) is 0 Å². The molecule has 0 heterocycles. The van der Waals surface area contributed by atoms with Crippen molar-refractivity contribution < 1.29 is 8.78 Å². The lowest BCUT2D eigenvalue weighted by molar-refractivity contribution is 0.584. The average Bonchev–Trinajstić information content (AvgIpc) is 2.36. The summed E-state index contributed by atoms with van der Waals surface area (Å²) in [6.45, 7) is 2.70. The van der Waals surface area contributed by atoms with Crippen LogP contribution < -0.4 is 5.32 Å². The van der Waals surface area contributed by atoms with Crippen LogP contribution in [0.4, 0.5) is 14.5 Å². The van der Waals surface area contributed by atoms with Gasteiger partial charge in [-0.25, -0.2) is 8.78 Å². The van der Waals surface area contributed by atoms with E-state index in [1.165, 1.54) is 17.7 Å². The monoisotopic (exact) mass is 247 g/mol. The number of anilines is 1. The third-order valence-corrected chi connectivity index (χ3v) is 2.84. The average molecular weight is 247 g/mol. The Morgan fingerprint density at radius 3 is 2.22 bits per heavy atom. The molecule has 1 N–H and O–H groups in total. The highest BCUT2D eigenvalue weighted by atomic mass is 19.1. The maximum atomic E-state index is 13.0. The van der Waals surface area contributed by atoms with Gasteiger partial charge in [0.05, 0.1) is 0 Å². The molecule has 3 heteroatoms. The maximum absolute atomic E-state index is 13.0. The second-order valence-corrected chi connectivity index (χ2v) is 4.35. The van der Waals surface area contributed by atoms with Crippen molar-refractivity contribution in [3.05, 3.63) is 65.7 Å². The SMILES string of the molecule is CC(CNc1cc(F)cc(F)c1)c1ccccc1. The largest absolute Gasteiger partial charge is 0.384 e. The Kier molecular flexibility index (Phi) is 3.92. The molecule has 2 rings (SSSR count). The van der Waals surface area contributed by atoms with Gasteiger partial charge in [0.25, 0.3) is 0 Å². The second kappa shape index (κ2) is 5.63. The summed E-state index contributed by atoms with van der Waals surface area (Å²) in [5.41, 5.74) is 1.66. The molecule has 0 aliphatic carbocycles. The molecule has 2 aromatic rings. The summed E-state index contributed by atoms with van der Waals surface area (Å²) in [7, 11) is 0. The van der Waals surface area contributed by atoms with Crippen molar-refractivity contribution in [3.63, 3.8) is 0 Å². The van der Waals surface area contributed by atoms with Crippen molar-refractivity contribution in [1.29, 1.82) is 0 Å². The minimum absolute atomic E-state index is 0.275. The van der Waals surface area contributed by atoms with Crippen LogP contribution in [0, 0.1) is 11.6 Å². The normalized spacial score (nSPS) is 12.2. The van der Waals surface area contributed by atoms with Crippen LogP contribution in [0.1, 0.15) is 18.4 Å². The van der Waals surface area contributed by atoms with Crippen LogP contribution in [0.3, 0.4) is 0 Å². The van der Waals surface area contributed by atoms with Gasteiger partial charge in [-0.05, 0) is 23.6 Å². The number of rotatable bonds is 4. The number of halogens is 2. The zero-order valence-electron chi connectivity index (χ0n) is 10.2. The van der Waals surface area contributed by atoms with Crippen LogP contribution in [-0.2, 0) is 0 Å². The summed E-state index contributed by atoms with van der Waals surface area (Å²) >= 11 is 0. The Labute approximate surface area is 105 Å². The quantitative estimate of drug-likeness (QED) is 0.854. The van der Waals surface area contributed by atoms with E-state index >= 15 is 0 Å². The Hall–Kier alpha value is -1.90. The van der Waals surface area contributed by atoms with Gasteiger partial charge in [-0.15, -0.1) is 0 Å². The number of benzene rings is 2. The molecule has 1 nitrogen and oxygen atoms in total. The first kappa shape index (κ1) is 12.6. The van der Waals surface area contributed by atoms with Crippen LogP contribution >= 0.6 is 0 Å². The molecule has 0 saturated carbocycles. The zero-order chi connectivity index (χ0) is 13.0.